The highest BCUT2D eigenvalue weighted by Gasteiger charge is 2.19. The molecule has 2 aromatic carbocycles. The van der Waals surface area contributed by atoms with Gasteiger partial charge in [0.1, 0.15) is 23.2 Å². The summed E-state index contributed by atoms with van der Waals surface area (Å²) in [6, 6.07) is 17.5. The van der Waals surface area contributed by atoms with Crippen LogP contribution < -0.4 is 15.8 Å². The van der Waals surface area contributed by atoms with Gasteiger partial charge in [-0.05, 0) is 36.4 Å². The molecule has 28 heavy (non-hydrogen) atoms. The number of carbonyl (C=O) groups excluding carboxylic acids is 2. The van der Waals surface area contributed by atoms with E-state index in [2.05, 4.69) is 10.4 Å². The first-order valence-electron chi connectivity index (χ1n) is 8.39. The normalized spacial score (nSPS) is 10.1. The third kappa shape index (κ3) is 4.16. The third-order valence-electron chi connectivity index (χ3n) is 3.83. The minimum absolute atomic E-state index is 0.112. The number of benzene rings is 2. The molecule has 0 atom stereocenters. The number of nitrogen functional groups attached to an aromatic ring is 1. The Morgan fingerprint density at radius 2 is 1.86 bits per heavy atom. The zero-order valence-electron chi connectivity index (χ0n) is 15.0. The van der Waals surface area contributed by atoms with Crippen LogP contribution in [0.2, 0.25) is 0 Å². The lowest BCUT2D eigenvalue weighted by Crippen LogP contribution is -2.15. The van der Waals surface area contributed by atoms with Crippen molar-refractivity contribution in [2.75, 3.05) is 11.1 Å². The van der Waals surface area contributed by atoms with Crippen LogP contribution >= 0.6 is 0 Å². The second kappa shape index (κ2) is 8.05. The van der Waals surface area contributed by atoms with E-state index in [-0.39, 0.29) is 29.4 Å². The van der Waals surface area contributed by atoms with Crippen LogP contribution in [0.4, 0.5) is 11.5 Å². The number of carbonyl (C=O) groups is 2. The van der Waals surface area contributed by atoms with Crippen molar-refractivity contribution in [3.63, 3.8) is 0 Å². The molecule has 8 nitrogen and oxygen atoms in total. The third-order valence-corrected chi connectivity index (χ3v) is 3.83. The quantitative estimate of drug-likeness (QED) is 0.521. The standard InChI is InChI=1S/C20H17N5O3/c1-13(26)28-16-9-7-14(8-10-16)23-19(27)11-18-17(12-21)20(22)25(24-18)15-5-3-2-4-6-15/h2-10H,11,22H2,1H3,(H,23,27). The summed E-state index contributed by atoms with van der Waals surface area (Å²) in [5.74, 6) is -0.212. The van der Waals surface area contributed by atoms with Crippen molar-refractivity contribution in [2.45, 2.75) is 13.3 Å². The maximum absolute atomic E-state index is 12.4. The summed E-state index contributed by atoms with van der Waals surface area (Å²) in [6.07, 6.45) is -0.112. The highest BCUT2D eigenvalue weighted by atomic mass is 16.5. The number of hydrogen-bond acceptors (Lipinski definition) is 6. The number of nitrogens with two attached hydrogens (primary N) is 1. The van der Waals surface area contributed by atoms with Gasteiger partial charge in [-0.15, -0.1) is 0 Å². The molecule has 3 N–H and O–H groups in total. The largest absolute Gasteiger partial charge is 0.427 e. The Hall–Kier alpha value is -4.12. The minimum Gasteiger partial charge on any atom is -0.427 e. The van der Waals surface area contributed by atoms with Crippen molar-refractivity contribution in [1.29, 1.82) is 5.26 Å². The highest BCUT2D eigenvalue weighted by Crippen LogP contribution is 2.21. The van der Waals surface area contributed by atoms with Crippen LogP contribution in [0.1, 0.15) is 18.2 Å². The maximum Gasteiger partial charge on any atom is 0.308 e. The van der Waals surface area contributed by atoms with E-state index in [0.29, 0.717) is 17.1 Å². The van der Waals surface area contributed by atoms with E-state index in [4.69, 9.17) is 10.5 Å². The molecule has 0 saturated heterocycles. The molecule has 140 valence electrons. The first-order valence-corrected chi connectivity index (χ1v) is 8.39. The molecule has 0 aliphatic rings. The van der Waals surface area contributed by atoms with E-state index in [0.717, 1.165) is 0 Å². The van der Waals surface area contributed by atoms with Gasteiger partial charge in [0.05, 0.1) is 17.8 Å². The van der Waals surface area contributed by atoms with Gasteiger partial charge < -0.3 is 15.8 Å². The van der Waals surface area contributed by atoms with Gasteiger partial charge >= 0.3 is 5.97 Å². The summed E-state index contributed by atoms with van der Waals surface area (Å²) < 4.78 is 6.38. The van der Waals surface area contributed by atoms with E-state index in [1.165, 1.54) is 11.6 Å². The lowest BCUT2D eigenvalue weighted by Gasteiger charge is -2.06. The second-order valence-electron chi connectivity index (χ2n) is 5.91. The monoisotopic (exact) mass is 375 g/mol. The van der Waals surface area contributed by atoms with Crippen molar-refractivity contribution in [3.05, 3.63) is 65.9 Å². The van der Waals surface area contributed by atoms with E-state index in [9.17, 15) is 14.9 Å². The molecule has 1 aromatic heterocycles. The Labute approximate surface area is 161 Å². The van der Waals surface area contributed by atoms with E-state index in [1.807, 2.05) is 24.3 Å². The van der Waals surface area contributed by atoms with Crippen molar-refractivity contribution in [3.8, 4) is 17.5 Å². The van der Waals surface area contributed by atoms with E-state index in [1.54, 1.807) is 36.4 Å². The van der Waals surface area contributed by atoms with Crippen LogP contribution in [0.15, 0.2) is 54.6 Å². The van der Waals surface area contributed by atoms with Crippen molar-refractivity contribution in [2.24, 2.45) is 0 Å². The fraction of sp³-hybridized carbons (Fsp3) is 0.100. The Kier molecular flexibility index (Phi) is 5.37. The first-order chi connectivity index (χ1) is 13.5. The van der Waals surface area contributed by atoms with Crippen LogP contribution in [0.25, 0.3) is 5.69 Å². The summed E-state index contributed by atoms with van der Waals surface area (Å²) in [4.78, 5) is 23.3. The molecule has 0 aliphatic carbocycles. The number of esters is 1. The second-order valence-corrected chi connectivity index (χ2v) is 5.91. The number of rotatable bonds is 5. The van der Waals surface area contributed by atoms with Gasteiger partial charge in [0.25, 0.3) is 0 Å². The van der Waals surface area contributed by atoms with Crippen LogP contribution in [-0.4, -0.2) is 21.7 Å². The molecular weight excluding hydrogens is 358 g/mol. The molecule has 0 aliphatic heterocycles. The Bertz CT molecular complexity index is 1050. The highest BCUT2D eigenvalue weighted by molar-refractivity contribution is 5.92. The average molecular weight is 375 g/mol. The molecule has 3 rings (SSSR count). The minimum atomic E-state index is -0.424. The van der Waals surface area contributed by atoms with Gasteiger partial charge in [-0.2, -0.15) is 10.4 Å². The van der Waals surface area contributed by atoms with Crippen LogP contribution in [0.5, 0.6) is 5.75 Å². The fourth-order valence-electron chi connectivity index (χ4n) is 2.62. The number of nitrogens with one attached hydrogen (secondary N) is 1. The molecule has 0 fully saturated rings. The van der Waals surface area contributed by atoms with E-state index >= 15 is 0 Å². The molecule has 1 amide bonds. The summed E-state index contributed by atoms with van der Waals surface area (Å²) in [7, 11) is 0. The smallest absolute Gasteiger partial charge is 0.308 e. The number of anilines is 2. The number of aromatic nitrogens is 2. The number of amides is 1. The molecule has 0 radical (unpaired) electrons. The van der Waals surface area contributed by atoms with Gasteiger partial charge in [0.2, 0.25) is 5.91 Å². The van der Waals surface area contributed by atoms with Gasteiger partial charge in [-0.25, -0.2) is 4.68 Å². The number of para-hydroxylation sites is 1. The van der Waals surface area contributed by atoms with Gasteiger partial charge in [-0.3, -0.25) is 9.59 Å². The predicted molar refractivity (Wildman–Crippen MR) is 103 cm³/mol. The molecule has 0 unspecified atom stereocenters. The summed E-state index contributed by atoms with van der Waals surface area (Å²) >= 11 is 0. The van der Waals surface area contributed by atoms with Crippen LogP contribution in [0, 0.1) is 11.3 Å². The Balaban J connectivity index is 1.75. The predicted octanol–water partition coefficient (Wildman–Crippen LogP) is 2.43. The molecular formula is C20H17N5O3. The molecule has 1 heterocycles. The lowest BCUT2D eigenvalue weighted by atomic mass is 10.2. The molecule has 3 aromatic rings. The van der Waals surface area contributed by atoms with Crippen molar-refractivity contribution < 1.29 is 14.3 Å². The summed E-state index contributed by atoms with van der Waals surface area (Å²) in [5, 5.41) is 16.5. The zero-order chi connectivity index (χ0) is 20.1. The number of hydrogen-bond donors (Lipinski definition) is 2. The molecule has 0 spiro atoms. The topological polar surface area (TPSA) is 123 Å². The summed E-state index contributed by atoms with van der Waals surface area (Å²) in [6.45, 7) is 1.31. The zero-order valence-corrected chi connectivity index (χ0v) is 15.0. The number of nitriles is 1. The van der Waals surface area contributed by atoms with Gasteiger partial charge in [-0.1, -0.05) is 18.2 Å². The van der Waals surface area contributed by atoms with Gasteiger partial charge in [0, 0.05) is 12.6 Å². The number of nitrogens with zero attached hydrogens (tertiary/aromatic N) is 3. The number of ether oxygens (including phenoxy) is 1. The SMILES string of the molecule is CC(=O)Oc1ccc(NC(=O)Cc2nn(-c3ccccc3)c(N)c2C#N)cc1. The molecule has 0 saturated carbocycles. The Morgan fingerprint density at radius 3 is 2.46 bits per heavy atom. The van der Waals surface area contributed by atoms with Crippen molar-refractivity contribution in [1.82, 2.24) is 9.78 Å². The summed E-state index contributed by atoms with van der Waals surface area (Å²) in [5.41, 5.74) is 7.72. The van der Waals surface area contributed by atoms with Crippen LogP contribution in [0.3, 0.4) is 0 Å². The first kappa shape index (κ1) is 18.7. The Morgan fingerprint density at radius 1 is 1.18 bits per heavy atom. The average Bonchev–Trinajstić information content (AvgIpc) is 2.98. The van der Waals surface area contributed by atoms with Crippen LogP contribution in [-0.2, 0) is 16.0 Å². The lowest BCUT2D eigenvalue weighted by molar-refractivity contribution is -0.131. The van der Waals surface area contributed by atoms with Crippen molar-refractivity contribution >= 4 is 23.4 Å². The molecule has 0 bridgehead atoms. The van der Waals surface area contributed by atoms with Gasteiger partial charge in [0.15, 0.2) is 0 Å². The fourth-order valence-corrected chi connectivity index (χ4v) is 2.62. The molecule has 8 heteroatoms. The van der Waals surface area contributed by atoms with E-state index < -0.39 is 5.97 Å². The maximum atomic E-state index is 12.4.